The van der Waals surface area contributed by atoms with Gasteiger partial charge in [0.1, 0.15) is 6.61 Å². The van der Waals surface area contributed by atoms with Crippen molar-refractivity contribution in [3.8, 4) is 11.5 Å². The molecule has 1 saturated carbocycles. The Labute approximate surface area is 181 Å². The second kappa shape index (κ2) is 8.75. The molecule has 2 aromatic rings. The Bertz CT molecular complexity index is 972. The molecule has 0 bridgehead atoms. The summed E-state index contributed by atoms with van der Waals surface area (Å²) < 4.78 is 19.1. The summed E-state index contributed by atoms with van der Waals surface area (Å²) in [5.41, 5.74) is 0.764. The summed E-state index contributed by atoms with van der Waals surface area (Å²) >= 11 is 0. The van der Waals surface area contributed by atoms with Crippen molar-refractivity contribution in [3.63, 3.8) is 0 Å². The first-order valence-corrected chi connectivity index (χ1v) is 10.9. The Hall–Kier alpha value is -2.80. The SMILES string of the molecule is Cc1cc(C(=O)COC(=O)C2(O)CCCCC2)c(C)n1CC1COc2ccccc2O1. The molecule has 2 heterocycles. The Balaban J connectivity index is 1.39. The van der Waals surface area contributed by atoms with Gasteiger partial charge in [-0.2, -0.15) is 0 Å². The smallest absolute Gasteiger partial charge is 0.338 e. The first-order valence-electron chi connectivity index (χ1n) is 10.9. The molecule has 7 nitrogen and oxygen atoms in total. The number of carbonyl (C=O) groups excluding carboxylic acids is 2. The third-order valence-electron chi connectivity index (χ3n) is 6.22. The van der Waals surface area contributed by atoms with Crippen molar-refractivity contribution in [2.24, 2.45) is 0 Å². The van der Waals surface area contributed by atoms with Crippen molar-refractivity contribution in [1.82, 2.24) is 4.57 Å². The first-order chi connectivity index (χ1) is 14.9. The van der Waals surface area contributed by atoms with E-state index in [1.165, 1.54) is 0 Å². The fourth-order valence-electron chi connectivity index (χ4n) is 4.41. The average molecular weight is 427 g/mol. The Morgan fingerprint density at radius 3 is 2.61 bits per heavy atom. The molecule has 0 spiro atoms. The highest BCUT2D eigenvalue weighted by atomic mass is 16.6. The van der Waals surface area contributed by atoms with Crippen molar-refractivity contribution in [1.29, 1.82) is 0 Å². The zero-order valence-corrected chi connectivity index (χ0v) is 18.1. The van der Waals surface area contributed by atoms with Gasteiger partial charge in [-0.25, -0.2) is 4.79 Å². The lowest BCUT2D eigenvalue weighted by molar-refractivity contribution is -0.167. The number of ether oxygens (including phenoxy) is 3. The number of aryl methyl sites for hydroxylation is 1. The molecule has 4 rings (SSSR count). The van der Waals surface area contributed by atoms with Crippen LogP contribution in [0.2, 0.25) is 0 Å². The quantitative estimate of drug-likeness (QED) is 0.562. The van der Waals surface area contributed by atoms with E-state index in [1.807, 2.05) is 42.7 Å². The summed E-state index contributed by atoms with van der Waals surface area (Å²) in [5, 5.41) is 10.5. The molecule has 0 saturated heterocycles. The van der Waals surface area contributed by atoms with E-state index in [-0.39, 0.29) is 18.5 Å². The standard InChI is InChI=1S/C24H29NO6/c1-16-12-19(20(26)15-30-23(27)24(28)10-6-3-7-11-24)17(2)25(16)13-18-14-29-21-8-4-5-9-22(21)31-18/h4-5,8-9,12,18,28H,3,6-7,10-11,13-15H2,1-2H3. The van der Waals surface area contributed by atoms with Gasteiger partial charge in [0, 0.05) is 17.0 Å². The molecule has 1 fully saturated rings. The molecular formula is C24H29NO6. The summed E-state index contributed by atoms with van der Waals surface area (Å²) in [4.78, 5) is 25.1. The van der Waals surface area contributed by atoms with E-state index in [0.717, 1.165) is 36.4 Å². The molecule has 1 aromatic carbocycles. The number of hydrogen-bond donors (Lipinski definition) is 1. The summed E-state index contributed by atoms with van der Waals surface area (Å²) in [6.07, 6.45) is 3.18. The summed E-state index contributed by atoms with van der Waals surface area (Å²) in [6, 6.07) is 9.36. The monoisotopic (exact) mass is 427 g/mol. The average Bonchev–Trinajstić information content (AvgIpc) is 3.06. The number of Topliss-reactive ketones (excluding diaryl/α,β-unsaturated/α-hetero) is 1. The van der Waals surface area contributed by atoms with Crippen LogP contribution in [0.15, 0.2) is 30.3 Å². The van der Waals surface area contributed by atoms with E-state index in [0.29, 0.717) is 37.3 Å². The highest BCUT2D eigenvalue weighted by Crippen LogP contribution is 2.32. The number of ketones is 1. The largest absolute Gasteiger partial charge is 0.486 e. The highest BCUT2D eigenvalue weighted by molar-refractivity contribution is 5.99. The van der Waals surface area contributed by atoms with Crippen LogP contribution in [0.25, 0.3) is 0 Å². The fraction of sp³-hybridized carbons (Fsp3) is 0.500. The lowest BCUT2D eigenvalue weighted by Crippen LogP contribution is -2.42. The second-order valence-corrected chi connectivity index (χ2v) is 8.48. The maximum Gasteiger partial charge on any atom is 0.338 e. The summed E-state index contributed by atoms with van der Waals surface area (Å²) in [5.74, 6) is 0.473. The number of carbonyl (C=O) groups is 2. The van der Waals surface area contributed by atoms with Crippen LogP contribution in [0.3, 0.4) is 0 Å². The van der Waals surface area contributed by atoms with E-state index < -0.39 is 11.6 Å². The van der Waals surface area contributed by atoms with E-state index in [1.54, 1.807) is 6.07 Å². The zero-order chi connectivity index (χ0) is 22.0. The third kappa shape index (κ3) is 4.46. The van der Waals surface area contributed by atoms with Gasteiger partial charge in [-0.05, 0) is 57.7 Å². The normalized spacial score (nSPS) is 19.6. The molecule has 0 radical (unpaired) electrons. The van der Waals surface area contributed by atoms with Crippen LogP contribution in [-0.4, -0.2) is 46.3 Å². The highest BCUT2D eigenvalue weighted by Gasteiger charge is 2.39. The zero-order valence-electron chi connectivity index (χ0n) is 18.1. The van der Waals surface area contributed by atoms with Crippen LogP contribution in [-0.2, 0) is 16.1 Å². The Morgan fingerprint density at radius 1 is 1.16 bits per heavy atom. The minimum atomic E-state index is -1.45. The van der Waals surface area contributed by atoms with Crippen LogP contribution >= 0.6 is 0 Å². The number of hydrogen-bond acceptors (Lipinski definition) is 6. The number of nitrogens with zero attached hydrogens (tertiary/aromatic N) is 1. The van der Waals surface area contributed by atoms with Gasteiger partial charge in [0.25, 0.3) is 0 Å². The topological polar surface area (TPSA) is 87.0 Å². The molecule has 1 aromatic heterocycles. The van der Waals surface area contributed by atoms with Crippen LogP contribution in [0.5, 0.6) is 11.5 Å². The number of para-hydroxylation sites is 2. The van der Waals surface area contributed by atoms with Gasteiger partial charge < -0.3 is 23.9 Å². The molecule has 166 valence electrons. The van der Waals surface area contributed by atoms with Crippen molar-refractivity contribution in [3.05, 3.63) is 47.3 Å². The Morgan fingerprint density at radius 2 is 1.87 bits per heavy atom. The lowest BCUT2D eigenvalue weighted by Gasteiger charge is -2.29. The van der Waals surface area contributed by atoms with Gasteiger partial charge in [-0.3, -0.25) is 4.79 Å². The van der Waals surface area contributed by atoms with Crippen molar-refractivity contribution < 1.29 is 28.9 Å². The van der Waals surface area contributed by atoms with Crippen molar-refractivity contribution in [2.75, 3.05) is 13.2 Å². The number of aromatic nitrogens is 1. The van der Waals surface area contributed by atoms with Gasteiger partial charge in [0.2, 0.25) is 5.78 Å². The number of rotatable bonds is 6. The fourth-order valence-corrected chi connectivity index (χ4v) is 4.41. The van der Waals surface area contributed by atoms with Gasteiger partial charge in [-0.1, -0.05) is 18.6 Å². The van der Waals surface area contributed by atoms with Gasteiger partial charge >= 0.3 is 5.97 Å². The predicted molar refractivity (Wildman–Crippen MR) is 114 cm³/mol. The van der Waals surface area contributed by atoms with Gasteiger partial charge in [-0.15, -0.1) is 0 Å². The van der Waals surface area contributed by atoms with Crippen molar-refractivity contribution in [2.45, 2.75) is 64.2 Å². The number of fused-ring (bicyclic) bond motifs is 1. The maximum absolute atomic E-state index is 12.8. The van der Waals surface area contributed by atoms with Gasteiger partial charge in [0.15, 0.2) is 29.8 Å². The van der Waals surface area contributed by atoms with E-state index in [9.17, 15) is 14.7 Å². The second-order valence-electron chi connectivity index (χ2n) is 8.48. The minimum Gasteiger partial charge on any atom is -0.486 e. The molecule has 31 heavy (non-hydrogen) atoms. The van der Waals surface area contributed by atoms with E-state index in [2.05, 4.69) is 0 Å². The molecule has 7 heteroatoms. The first kappa shape index (κ1) is 21.4. The molecule has 0 amide bonds. The van der Waals surface area contributed by atoms with Crippen LogP contribution < -0.4 is 9.47 Å². The molecule has 1 aliphatic heterocycles. The molecule has 1 atom stereocenters. The Kier molecular flexibility index (Phi) is 6.05. The third-order valence-corrected chi connectivity index (χ3v) is 6.22. The summed E-state index contributed by atoms with van der Waals surface area (Å²) in [7, 11) is 0. The lowest BCUT2D eigenvalue weighted by atomic mass is 9.85. The molecule has 1 N–H and O–H groups in total. The summed E-state index contributed by atoms with van der Waals surface area (Å²) in [6.45, 7) is 4.39. The van der Waals surface area contributed by atoms with Gasteiger partial charge in [0.05, 0.1) is 6.54 Å². The maximum atomic E-state index is 12.8. The molecule has 1 aliphatic carbocycles. The number of benzene rings is 1. The molecule has 2 aliphatic rings. The van der Waals surface area contributed by atoms with E-state index >= 15 is 0 Å². The number of esters is 1. The molecular weight excluding hydrogens is 398 g/mol. The predicted octanol–water partition coefficient (Wildman–Crippen LogP) is 3.37. The van der Waals surface area contributed by atoms with Crippen LogP contribution in [0.1, 0.15) is 53.8 Å². The van der Waals surface area contributed by atoms with Crippen LogP contribution in [0, 0.1) is 13.8 Å². The number of aliphatic hydroxyl groups is 1. The van der Waals surface area contributed by atoms with E-state index in [4.69, 9.17) is 14.2 Å². The van der Waals surface area contributed by atoms with Crippen molar-refractivity contribution >= 4 is 11.8 Å². The molecule has 1 unspecified atom stereocenters. The minimum absolute atomic E-state index is 0.180. The van der Waals surface area contributed by atoms with Crippen LogP contribution in [0.4, 0.5) is 0 Å².